The minimum atomic E-state index is -0.178. The molecule has 8 heteroatoms. The summed E-state index contributed by atoms with van der Waals surface area (Å²) in [5.74, 6) is -0.356. The van der Waals surface area contributed by atoms with E-state index in [-0.39, 0.29) is 46.4 Å². The van der Waals surface area contributed by atoms with Crippen molar-refractivity contribution in [3.63, 3.8) is 0 Å². The van der Waals surface area contributed by atoms with E-state index in [4.69, 9.17) is 10.8 Å². The summed E-state index contributed by atoms with van der Waals surface area (Å²) in [5, 5.41) is 0. The van der Waals surface area contributed by atoms with Crippen LogP contribution in [-0.4, -0.2) is 63.9 Å². The Morgan fingerprint density at radius 3 is 1.75 bits per heavy atom. The van der Waals surface area contributed by atoms with Gasteiger partial charge in [0.25, 0.3) is 11.8 Å². The number of imide groups is 1. The van der Waals surface area contributed by atoms with Gasteiger partial charge in [0.05, 0.1) is 33.2 Å². The van der Waals surface area contributed by atoms with Crippen LogP contribution in [-0.2, 0) is 49.6 Å². The van der Waals surface area contributed by atoms with Gasteiger partial charge in [0.2, 0.25) is 0 Å². The molecule has 1 unspecified atom stereocenters. The molecular formula is C20H36NO6W-. The number of epoxide rings is 1. The van der Waals surface area contributed by atoms with Crippen molar-refractivity contribution in [1.82, 2.24) is 4.90 Å². The minimum absolute atomic E-state index is 0. The largest absolute Gasteiger partial charge is 0.570 e. The average molecular weight is 571 g/mol. The van der Waals surface area contributed by atoms with E-state index in [1.165, 1.54) is 13.3 Å². The fourth-order valence-corrected chi connectivity index (χ4v) is 1.87. The van der Waals surface area contributed by atoms with Crippen molar-refractivity contribution < 1.29 is 51.0 Å². The van der Waals surface area contributed by atoms with E-state index in [0.29, 0.717) is 23.1 Å². The van der Waals surface area contributed by atoms with Crippen LogP contribution in [0.25, 0.3) is 0 Å². The van der Waals surface area contributed by atoms with Gasteiger partial charge in [0, 0.05) is 51.8 Å². The molecule has 0 bridgehead atoms. The maximum Gasteiger partial charge on any atom is 0.256 e. The van der Waals surface area contributed by atoms with Crippen LogP contribution in [0.4, 0.5) is 0 Å². The minimum Gasteiger partial charge on any atom is -0.570 e. The molecule has 0 N–H and O–H groups in total. The molecule has 0 aromatic carbocycles. The monoisotopic (exact) mass is 571 g/mol. The van der Waals surface area contributed by atoms with Crippen molar-refractivity contribution in [3.05, 3.63) is 30.6 Å². The number of amides is 2. The first-order chi connectivity index (χ1) is 12.5. The summed E-state index contributed by atoms with van der Waals surface area (Å²) < 4.78 is 25.4. The summed E-state index contributed by atoms with van der Waals surface area (Å²) in [5.41, 5.74) is 1.45. The molecule has 0 spiro atoms. The van der Waals surface area contributed by atoms with Crippen LogP contribution in [0.1, 0.15) is 36.5 Å². The predicted molar refractivity (Wildman–Crippen MR) is 106 cm³/mol. The van der Waals surface area contributed by atoms with E-state index < -0.39 is 0 Å². The number of nitrogens with zero attached hydrogens (tertiary/aromatic N) is 1. The maximum atomic E-state index is 11.0. The fraction of sp³-hybridized carbons (Fsp3) is 0.650. The first kappa shape index (κ1) is 29.2. The topological polar surface area (TPSA) is 77.6 Å². The Labute approximate surface area is 186 Å². The summed E-state index contributed by atoms with van der Waals surface area (Å²) in [6, 6.07) is 0. The van der Waals surface area contributed by atoms with Gasteiger partial charge in [-0.3, -0.25) is 14.5 Å². The van der Waals surface area contributed by atoms with Crippen molar-refractivity contribution in [2.24, 2.45) is 5.41 Å². The summed E-state index contributed by atoms with van der Waals surface area (Å²) in [4.78, 5) is 23.1. The Morgan fingerprint density at radius 1 is 1.32 bits per heavy atom. The van der Waals surface area contributed by atoms with E-state index in [1.54, 1.807) is 28.1 Å². The second kappa shape index (κ2) is 15.9. The molecule has 0 saturated carbocycles. The van der Waals surface area contributed by atoms with Gasteiger partial charge < -0.3 is 18.9 Å². The van der Waals surface area contributed by atoms with Gasteiger partial charge in [-0.25, -0.2) is 0 Å². The standard InChI is InChI=1S/C7H9NO2.C6H12O2.C3H5O.C3H6O.CH4.W/c1-4-5(2)7(10)8(3)6(4)9;1-6(3-7-2)4-8-5-6;1-3-2-4-3;1-3-4-2;;/h1-3H3;3-5H2,1-2H3;2-3H,1H3;3H,1H2,2H3;1H4;/q;;-1;;;/i;;2D;;;. The zero-order valence-corrected chi connectivity index (χ0v) is 20.2. The summed E-state index contributed by atoms with van der Waals surface area (Å²) in [6.07, 6.45) is 1.51. The first-order valence-electron chi connectivity index (χ1n) is 8.75. The molecular weight excluding hydrogens is 534 g/mol. The Morgan fingerprint density at radius 2 is 1.68 bits per heavy atom. The summed E-state index contributed by atoms with van der Waals surface area (Å²) in [7, 11) is 4.78. The molecule has 3 aliphatic rings. The molecule has 3 rings (SSSR count). The normalized spacial score (nSPS) is 21.6. The van der Waals surface area contributed by atoms with Gasteiger partial charge in [-0.1, -0.05) is 34.0 Å². The third-order valence-corrected chi connectivity index (χ3v) is 3.73. The van der Waals surface area contributed by atoms with E-state index in [1.807, 2.05) is 6.92 Å². The van der Waals surface area contributed by atoms with Crippen LogP contribution in [0.3, 0.4) is 0 Å². The van der Waals surface area contributed by atoms with Gasteiger partial charge >= 0.3 is 0 Å². The van der Waals surface area contributed by atoms with Gasteiger partial charge in [0.15, 0.2) is 0 Å². The van der Waals surface area contributed by atoms with Crippen LogP contribution >= 0.6 is 0 Å². The Balaban J connectivity index is -0.000000321. The van der Waals surface area contributed by atoms with Crippen molar-refractivity contribution in [2.45, 2.75) is 41.2 Å². The Hall–Kier alpha value is -1.01. The summed E-state index contributed by atoms with van der Waals surface area (Å²) >= 11 is 0. The van der Waals surface area contributed by atoms with Crippen LogP contribution in [0.2, 0.25) is 0 Å². The number of hydrogen-bond donors (Lipinski definition) is 0. The molecule has 7 nitrogen and oxygen atoms in total. The molecule has 2 saturated heterocycles. The number of carbonyl (C=O) groups excluding carboxylic acids is 2. The molecule has 0 aromatic rings. The van der Waals surface area contributed by atoms with Crippen LogP contribution in [0.5, 0.6) is 0 Å². The second-order valence-electron chi connectivity index (χ2n) is 6.44. The molecule has 2 fully saturated rings. The van der Waals surface area contributed by atoms with Gasteiger partial charge in [-0.05, 0) is 13.8 Å². The molecule has 3 aliphatic heterocycles. The molecule has 164 valence electrons. The number of ether oxygens (including phenoxy) is 4. The smallest absolute Gasteiger partial charge is 0.256 e. The number of likely N-dealkylation sites (N-methyl/N-ethyl adjacent to an activating group) is 1. The van der Waals surface area contributed by atoms with E-state index >= 15 is 0 Å². The molecule has 1 atom stereocenters. The number of carbonyl (C=O) groups is 2. The zero-order valence-electron chi connectivity index (χ0n) is 18.3. The molecule has 3 heterocycles. The quantitative estimate of drug-likeness (QED) is 0.225. The van der Waals surface area contributed by atoms with Gasteiger partial charge in [-0.2, -0.15) is 7.95 Å². The third kappa shape index (κ3) is 11.7. The van der Waals surface area contributed by atoms with Crippen LogP contribution in [0.15, 0.2) is 24.0 Å². The SMILES string of the molecule is C.C=COC.CC1=C(C)C(=O)N(C)C1=O.COCC1(C)COC1.[2H][C-]1OC1C.[W]. The summed E-state index contributed by atoms with van der Waals surface area (Å²) in [6.45, 7) is 13.6. The second-order valence-corrected chi connectivity index (χ2v) is 6.44. The maximum absolute atomic E-state index is 11.0. The molecule has 0 radical (unpaired) electrons. The van der Waals surface area contributed by atoms with E-state index in [9.17, 15) is 9.59 Å². The Bertz CT molecular complexity index is 521. The first-order valence-corrected chi connectivity index (χ1v) is 8.25. The van der Waals surface area contributed by atoms with Crippen molar-refractivity contribution in [3.8, 4) is 0 Å². The predicted octanol–water partition coefficient (Wildman–Crippen LogP) is 2.97. The number of rotatable bonds is 3. The van der Waals surface area contributed by atoms with Crippen molar-refractivity contribution in [1.29, 1.82) is 0 Å². The van der Waals surface area contributed by atoms with Gasteiger partial charge in [0.1, 0.15) is 0 Å². The molecule has 28 heavy (non-hydrogen) atoms. The number of methoxy groups -OCH3 is 2. The van der Waals surface area contributed by atoms with Crippen LogP contribution in [0, 0.1) is 12.0 Å². The Kier molecular flexibility index (Phi) is 16.5. The molecule has 0 aliphatic carbocycles. The molecule has 0 aromatic heterocycles. The molecule has 2 amide bonds. The van der Waals surface area contributed by atoms with Crippen molar-refractivity contribution in [2.75, 3.05) is 41.1 Å². The van der Waals surface area contributed by atoms with E-state index in [2.05, 4.69) is 23.0 Å². The average Bonchev–Trinajstić information content (AvgIpc) is 3.26. The fourth-order valence-electron chi connectivity index (χ4n) is 1.87. The van der Waals surface area contributed by atoms with Crippen molar-refractivity contribution >= 4 is 11.8 Å². The number of hydrogen-bond acceptors (Lipinski definition) is 6. The van der Waals surface area contributed by atoms with Gasteiger partial charge in [-0.15, -0.1) is 0 Å². The zero-order chi connectivity index (χ0) is 21.2. The third-order valence-electron chi connectivity index (χ3n) is 3.73. The van der Waals surface area contributed by atoms with Crippen LogP contribution < -0.4 is 0 Å². The van der Waals surface area contributed by atoms with E-state index in [0.717, 1.165) is 24.7 Å².